The van der Waals surface area contributed by atoms with Gasteiger partial charge in [0.25, 0.3) is 0 Å². The standard InChI is InChI=1S/C27H31ClN4O3/c1-16-14-20-19(12-13-22-29-30-31-32(20)22)24(17-8-10-18(28)11-9-17)23(16)21(35-27(5,6)7)15-34-25(33)26(2,3)4/h8-14,21H,15H2,1-7H3/t21-/m1/s1. The van der Waals surface area contributed by atoms with E-state index in [-0.39, 0.29) is 12.6 Å². The number of hydrogen-bond acceptors (Lipinski definition) is 6. The Hall–Kier alpha value is -3.03. The zero-order valence-corrected chi connectivity index (χ0v) is 22.0. The Morgan fingerprint density at radius 3 is 2.37 bits per heavy atom. The van der Waals surface area contributed by atoms with Crippen LogP contribution >= 0.6 is 11.6 Å². The van der Waals surface area contributed by atoms with Gasteiger partial charge in [-0.25, -0.2) is 0 Å². The SMILES string of the molecule is Cc1cc2c(ccc3nnnn32)c(-c2ccc(Cl)cc2)c1[C@@H](COC(=O)C(C)(C)C)OC(C)(C)C. The summed E-state index contributed by atoms with van der Waals surface area (Å²) in [6.07, 6.45) is -0.499. The highest BCUT2D eigenvalue weighted by Crippen LogP contribution is 2.41. The van der Waals surface area contributed by atoms with Crippen molar-refractivity contribution in [3.8, 4) is 11.1 Å². The molecule has 0 radical (unpaired) electrons. The third kappa shape index (κ3) is 5.31. The summed E-state index contributed by atoms with van der Waals surface area (Å²) >= 11 is 6.22. The lowest BCUT2D eigenvalue weighted by molar-refractivity contribution is -0.162. The maximum absolute atomic E-state index is 12.7. The molecule has 0 aliphatic heterocycles. The number of aryl methyl sites for hydroxylation is 1. The van der Waals surface area contributed by atoms with Crippen LogP contribution in [-0.2, 0) is 14.3 Å². The number of carbonyl (C=O) groups excluding carboxylic acids is 1. The van der Waals surface area contributed by atoms with E-state index in [2.05, 4.69) is 21.6 Å². The van der Waals surface area contributed by atoms with E-state index in [1.54, 1.807) is 4.52 Å². The number of ether oxygens (including phenoxy) is 2. The van der Waals surface area contributed by atoms with Crippen molar-refractivity contribution in [2.45, 2.75) is 60.2 Å². The van der Waals surface area contributed by atoms with Crippen molar-refractivity contribution in [2.75, 3.05) is 6.61 Å². The van der Waals surface area contributed by atoms with Gasteiger partial charge in [-0.1, -0.05) is 23.7 Å². The Morgan fingerprint density at radius 2 is 1.74 bits per heavy atom. The first-order valence-electron chi connectivity index (χ1n) is 11.6. The number of hydrogen-bond donors (Lipinski definition) is 0. The normalized spacial score (nSPS) is 13.4. The zero-order valence-electron chi connectivity index (χ0n) is 21.2. The third-order valence-electron chi connectivity index (χ3n) is 5.64. The molecule has 7 nitrogen and oxygen atoms in total. The van der Waals surface area contributed by atoms with Gasteiger partial charge < -0.3 is 9.47 Å². The number of pyridine rings is 1. The van der Waals surface area contributed by atoms with Gasteiger partial charge >= 0.3 is 5.97 Å². The lowest BCUT2D eigenvalue weighted by atomic mass is 9.88. The minimum atomic E-state index is -0.616. The Kier molecular flexibility index (Phi) is 6.60. The average molecular weight is 495 g/mol. The summed E-state index contributed by atoms with van der Waals surface area (Å²) in [5.74, 6) is -0.276. The van der Waals surface area contributed by atoms with Crippen molar-refractivity contribution in [1.82, 2.24) is 20.0 Å². The zero-order chi connectivity index (χ0) is 25.5. The summed E-state index contributed by atoms with van der Waals surface area (Å²) in [4.78, 5) is 12.7. The molecule has 0 saturated carbocycles. The number of benzene rings is 2. The van der Waals surface area contributed by atoms with Crippen molar-refractivity contribution in [3.63, 3.8) is 0 Å². The van der Waals surface area contributed by atoms with Crippen LogP contribution in [0.1, 0.15) is 58.8 Å². The first-order valence-corrected chi connectivity index (χ1v) is 12.0. The van der Waals surface area contributed by atoms with E-state index in [1.807, 2.05) is 84.9 Å². The van der Waals surface area contributed by atoms with Crippen LogP contribution in [0.25, 0.3) is 27.7 Å². The Bertz CT molecular complexity index is 1380. The lowest BCUT2D eigenvalue weighted by Crippen LogP contribution is -2.30. The third-order valence-corrected chi connectivity index (χ3v) is 5.89. The summed E-state index contributed by atoms with van der Waals surface area (Å²) in [7, 11) is 0. The molecule has 8 heteroatoms. The van der Waals surface area contributed by atoms with Gasteiger partial charge in [0, 0.05) is 10.4 Å². The number of nitrogens with zero attached hydrogens (tertiary/aromatic N) is 4. The van der Waals surface area contributed by atoms with E-state index in [0.29, 0.717) is 10.7 Å². The molecular weight excluding hydrogens is 464 g/mol. The van der Waals surface area contributed by atoms with E-state index in [0.717, 1.165) is 33.2 Å². The lowest BCUT2D eigenvalue weighted by Gasteiger charge is -2.31. The monoisotopic (exact) mass is 494 g/mol. The number of esters is 1. The Labute approximate surface area is 210 Å². The molecule has 184 valence electrons. The van der Waals surface area contributed by atoms with Gasteiger partial charge in [-0.05, 0) is 111 Å². The summed E-state index contributed by atoms with van der Waals surface area (Å²) in [6.45, 7) is 13.6. The van der Waals surface area contributed by atoms with Crippen molar-refractivity contribution in [2.24, 2.45) is 5.41 Å². The molecule has 0 amide bonds. The Morgan fingerprint density at radius 1 is 1.06 bits per heavy atom. The van der Waals surface area contributed by atoms with Crippen LogP contribution < -0.4 is 0 Å². The Balaban J connectivity index is 1.97. The van der Waals surface area contributed by atoms with E-state index in [4.69, 9.17) is 21.1 Å². The molecule has 1 atom stereocenters. The molecule has 0 bridgehead atoms. The maximum atomic E-state index is 12.7. The number of fused-ring (bicyclic) bond motifs is 3. The predicted molar refractivity (Wildman–Crippen MR) is 137 cm³/mol. The molecule has 0 aliphatic carbocycles. The van der Waals surface area contributed by atoms with Gasteiger partial charge in [0.1, 0.15) is 12.7 Å². The molecule has 0 fully saturated rings. The fraction of sp³-hybridized carbons (Fsp3) is 0.407. The second-order valence-corrected chi connectivity index (χ2v) is 11.2. The summed E-state index contributed by atoms with van der Waals surface area (Å²) in [5, 5.41) is 13.7. The molecule has 0 spiro atoms. The van der Waals surface area contributed by atoms with Crippen molar-refractivity contribution < 1.29 is 14.3 Å². The molecule has 2 aromatic carbocycles. The van der Waals surface area contributed by atoms with Gasteiger partial charge in [0.05, 0.1) is 16.5 Å². The maximum Gasteiger partial charge on any atom is 0.311 e. The number of tetrazole rings is 1. The minimum Gasteiger partial charge on any atom is -0.462 e. The first kappa shape index (κ1) is 25.1. The smallest absolute Gasteiger partial charge is 0.311 e. The van der Waals surface area contributed by atoms with Crippen LogP contribution in [0, 0.1) is 12.3 Å². The number of halogens is 1. The second-order valence-electron chi connectivity index (χ2n) is 10.8. The van der Waals surface area contributed by atoms with Crippen molar-refractivity contribution in [1.29, 1.82) is 0 Å². The van der Waals surface area contributed by atoms with Gasteiger partial charge in [-0.15, -0.1) is 5.10 Å². The highest BCUT2D eigenvalue weighted by molar-refractivity contribution is 6.30. The quantitative estimate of drug-likeness (QED) is 0.301. The van der Waals surface area contributed by atoms with Crippen molar-refractivity contribution in [3.05, 3.63) is 58.6 Å². The fourth-order valence-corrected chi connectivity index (χ4v) is 4.24. The molecule has 4 aromatic rings. The van der Waals surface area contributed by atoms with E-state index < -0.39 is 17.1 Å². The predicted octanol–water partition coefficient (Wildman–Crippen LogP) is 6.35. The highest BCUT2D eigenvalue weighted by Gasteiger charge is 2.30. The highest BCUT2D eigenvalue weighted by atomic mass is 35.5. The second kappa shape index (κ2) is 9.21. The van der Waals surface area contributed by atoms with Crippen LogP contribution in [0.15, 0.2) is 42.5 Å². The summed E-state index contributed by atoms with van der Waals surface area (Å²) in [6, 6.07) is 13.7. The van der Waals surface area contributed by atoms with Crippen LogP contribution in [0.5, 0.6) is 0 Å². The van der Waals surface area contributed by atoms with Crippen LogP contribution in [0.3, 0.4) is 0 Å². The molecule has 2 aromatic heterocycles. The van der Waals surface area contributed by atoms with Gasteiger partial charge in [-0.2, -0.15) is 4.52 Å². The molecule has 0 saturated heterocycles. The fourth-order valence-electron chi connectivity index (χ4n) is 4.12. The molecule has 0 N–H and O–H groups in total. The molecule has 2 heterocycles. The van der Waals surface area contributed by atoms with Crippen molar-refractivity contribution >= 4 is 34.1 Å². The van der Waals surface area contributed by atoms with E-state index in [1.165, 1.54) is 0 Å². The summed E-state index contributed by atoms with van der Waals surface area (Å²) in [5.41, 5.74) is 4.31. The molecule has 35 heavy (non-hydrogen) atoms. The molecule has 0 unspecified atom stereocenters. The first-order chi connectivity index (χ1) is 16.3. The topological polar surface area (TPSA) is 78.6 Å². The van der Waals surface area contributed by atoms with Gasteiger partial charge in [0.15, 0.2) is 5.65 Å². The number of carbonyl (C=O) groups is 1. The molecule has 4 rings (SSSR count). The molecular formula is C27H31ClN4O3. The van der Waals surface area contributed by atoms with Crippen LogP contribution in [-0.4, -0.2) is 38.2 Å². The average Bonchev–Trinajstić information content (AvgIpc) is 3.24. The van der Waals surface area contributed by atoms with Gasteiger partial charge in [0.2, 0.25) is 0 Å². The van der Waals surface area contributed by atoms with Crippen LogP contribution in [0.2, 0.25) is 5.02 Å². The minimum absolute atomic E-state index is 0.0907. The largest absolute Gasteiger partial charge is 0.462 e. The van der Waals surface area contributed by atoms with E-state index in [9.17, 15) is 4.79 Å². The number of rotatable bonds is 5. The number of aromatic nitrogens is 4. The van der Waals surface area contributed by atoms with Gasteiger partial charge in [-0.3, -0.25) is 4.79 Å². The van der Waals surface area contributed by atoms with Crippen LogP contribution in [0.4, 0.5) is 0 Å². The molecule has 0 aliphatic rings. The summed E-state index contributed by atoms with van der Waals surface area (Å²) < 4.78 is 14.0. The van der Waals surface area contributed by atoms with E-state index >= 15 is 0 Å².